The highest BCUT2D eigenvalue weighted by Gasteiger charge is 2.07. The summed E-state index contributed by atoms with van der Waals surface area (Å²) in [5.74, 6) is 0.630. The van der Waals surface area contributed by atoms with Gasteiger partial charge >= 0.3 is 0 Å². The maximum absolute atomic E-state index is 11.9. The van der Waals surface area contributed by atoms with Crippen LogP contribution in [0.25, 0.3) is 11.4 Å². The number of nitrogens with zero attached hydrogens (tertiary/aromatic N) is 3. The number of nitrogens with one attached hydrogen (secondary N) is 1. The summed E-state index contributed by atoms with van der Waals surface area (Å²) in [7, 11) is 6.29. The van der Waals surface area contributed by atoms with Crippen LogP contribution in [-0.4, -0.2) is 54.0 Å². The third kappa shape index (κ3) is 4.74. The molecule has 0 saturated carbocycles. The highest BCUT2D eigenvalue weighted by atomic mass is 16.1. The van der Waals surface area contributed by atoms with Crippen LogP contribution in [0, 0.1) is 13.8 Å². The van der Waals surface area contributed by atoms with Gasteiger partial charge in [0.1, 0.15) is 5.82 Å². The molecule has 0 spiro atoms. The molecule has 0 aliphatic rings. The Morgan fingerprint density at radius 3 is 2.26 bits per heavy atom. The maximum atomic E-state index is 11.9. The molecule has 1 heterocycles. The van der Waals surface area contributed by atoms with Crippen molar-refractivity contribution in [3.8, 4) is 11.4 Å². The van der Waals surface area contributed by atoms with Gasteiger partial charge in [-0.2, -0.15) is 0 Å². The summed E-state index contributed by atoms with van der Waals surface area (Å²) < 4.78 is 0. The molecule has 23 heavy (non-hydrogen) atoms. The maximum Gasteiger partial charge on any atom is 0.254 e. The molecule has 0 saturated heterocycles. The van der Waals surface area contributed by atoms with Crippen LogP contribution < -0.4 is 5.56 Å². The minimum atomic E-state index is -0.0694. The molecule has 5 heteroatoms. The Balaban J connectivity index is 2.09. The molecule has 0 bridgehead atoms. The molecule has 1 N–H and O–H groups in total. The second kappa shape index (κ2) is 7.53. The van der Waals surface area contributed by atoms with Gasteiger partial charge in [0.25, 0.3) is 5.56 Å². The Kier molecular flexibility index (Phi) is 5.69. The molecule has 124 valence electrons. The smallest absolute Gasteiger partial charge is 0.254 e. The van der Waals surface area contributed by atoms with E-state index in [0.29, 0.717) is 11.4 Å². The molecule has 1 aromatic heterocycles. The van der Waals surface area contributed by atoms with Crippen LogP contribution in [0.5, 0.6) is 0 Å². The summed E-state index contributed by atoms with van der Waals surface area (Å²) in [6.45, 7) is 6.63. The number of hydrogen-bond acceptors (Lipinski definition) is 4. The first kappa shape index (κ1) is 17.4. The van der Waals surface area contributed by atoms with Crippen molar-refractivity contribution >= 4 is 0 Å². The predicted molar refractivity (Wildman–Crippen MR) is 94.7 cm³/mol. The molecule has 0 aliphatic heterocycles. The molecule has 0 aliphatic carbocycles. The average Bonchev–Trinajstić information content (AvgIpc) is 2.51. The monoisotopic (exact) mass is 314 g/mol. The van der Waals surface area contributed by atoms with Crippen LogP contribution in [0.3, 0.4) is 0 Å². The molecule has 1 aromatic carbocycles. The lowest BCUT2D eigenvalue weighted by Crippen LogP contribution is -2.28. The van der Waals surface area contributed by atoms with Crippen molar-refractivity contribution in [3.05, 3.63) is 51.4 Å². The second-order valence-corrected chi connectivity index (χ2v) is 6.36. The standard InChI is InChI=1S/C18H26N4O/c1-13-14(2)19-17(20-18(13)23)16-8-6-15(7-9-16)12-22(5)11-10-21(3)4/h6-9H,10-12H2,1-5H3,(H,19,20,23). The number of aryl methyl sites for hydroxylation is 1. The number of likely N-dealkylation sites (N-methyl/N-ethyl adjacent to an activating group) is 2. The van der Waals surface area contributed by atoms with Crippen molar-refractivity contribution in [2.45, 2.75) is 20.4 Å². The Bertz CT molecular complexity index is 704. The zero-order valence-corrected chi connectivity index (χ0v) is 14.7. The van der Waals surface area contributed by atoms with Crippen molar-refractivity contribution < 1.29 is 0 Å². The molecule has 2 rings (SSSR count). The number of H-pyrrole nitrogens is 1. The lowest BCUT2D eigenvalue weighted by atomic mass is 10.1. The van der Waals surface area contributed by atoms with Crippen molar-refractivity contribution in [1.82, 2.24) is 19.8 Å². The van der Waals surface area contributed by atoms with Gasteiger partial charge < -0.3 is 14.8 Å². The SMILES string of the molecule is Cc1nc(-c2ccc(CN(C)CCN(C)C)cc2)[nH]c(=O)c1C. The summed E-state index contributed by atoms with van der Waals surface area (Å²) in [6, 6.07) is 8.22. The first-order valence-corrected chi connectivity index (χ1v) is 7.87. The molecule has 0 radical (unpaired) electrons. The van der Waals surface area contributed by atoms with E-state index in [2.05, 4.69) is 53.0 Å². The van der Waals surface area contributed by atoms with Gasteiger partial charge in [-0.25, -0.2) is 4.98 Å². The fourth-order valence-corrected chi connectivity index (χ4v) is 2.31. The Hall–Kier alpha value is -1.98. The molecule has 0 atom stereocenters. The van der Waals surface area contributed by atoms with Crippen LogP contribution in [-0.2, 0) is 6.54 Å². The van der Waals surface area contributed by atoms with E-state index in [1.807, 2.05) is 19.1 Å². The Morgan fingerprint density at radius 2 is 1.70 bits per heavy atom. The van der Waals surface area contributed by atoms with E-state index in [-0.39, 0.29) is 5.56 Å². The van der Waals surface area contributed by atoms with Gasteiger partial charge in [0.15, 0.2) is 0 Å². The van der Waals surface area contributed by atoms with E-state index in [9.17, 15) is 4.79 Å². The Morgan fingerprint density at radius 1 is 1.04 bits per heavy atom. The minimum absolute atomic E-state index is 0.0694. The van der Waals surface area contributed by atoms with Crippen molar-refractivity contribution in [1.29, 1.82) is 0 Å². The van der Waals surface area contributed by atoms with E-state index in [0.717, 1.165) is 30.9 Å². The molecule has 0 fully saturated rings. The molecule has 5 nitrogen and oxygen atoms in total. The van der Waals surface area contributed by atoms with Crippen LogP contribution in [0.1, 0.15) is 16.8 Å². The largest absolute Gasteiger partial charge is 0.308 e. The molecular formula is C18H26N4O. The highest BCUT2D eigenvalue weighted by Crippen LogP contribution is 2.16. The van der Waals surface area contributed by atoms with E-state index < -0.39 is 0 Å². The van der Waals surface area contributed by atoms with Crippen LogP contribution in [0.2, 0.25) is 0 Å². The number of benzene rings is 1. The fourth-order valence-electron chi connectivity index (χ4n) is 2.31. The summed E-state index contributed by atoms with van der Waals surface area (Å²) in [4.78, 5) is 23.7. The van der Waals surface area contributed by atoms with Crippen LogP contribution in [0.15, 0.2) is 29.1 Å². The van der Waals surface area contributed by atoms with Gasteiger partial charge in [0, 0.05) is 36.5 Å². The first-order chi connectivity index (χ1) is 10.9. The zero-order valence-electron chi connectivity index (χ0n) is 14.7. The summed E-state index contributed by atoms with van der Waals surface area (Å²) in [5, 5.41) is 0. The van der Waals surface area contributed by atoms with Crippen LogP contribution >= 0.6 is 0 Å². The zero-order chi connectivity index (χ0) is 17.0. The number of hydrogen-bond donors (Lipinski definition) is 1. The molecule has 0 unspecified atom stereocenters. The van der Waals surface area contributed by atoms with Gasteiger partial charge in [0.2, 0.25) is 0 Å². The van der Waals surface area contributed by atoms with E-state index >= 15 is 0 Å². The van der Waals surface area contributed by atoms with E-state index in [4.69, 9.17) is 0 Å². The summed E-state index contributed by atoms with van der Waals surface area (Å²) in [6.07, 6.45) is 0. The van der Waals surface area contributed by atoms with Gasteiger partial charge in [-0.3, -0.25) is 4.79 Å². The second-order valence-electron chi connectivity index (χ2n) is 6.36. The van der Waals surface area contributed by atoms with E-state index in [1.54, 1.807) is 6.92 Å². The number of aromatic nitrogens is 2. The predicted octanol–water partition coefficient (Wildman–Crippen LogP) is 2.05. The lowest BCUT2D eigenvalue weighted by molar-refractivity contribution is 0.276. The Labute approximate surface area is 138 Å². The third-order valence-electron chi connectivity index (χ3n) is 4.00. The summed E-state index contributed by atoms with van der Waals surface area (Å²) in [5.41, 5.74) is 3.57. The number of rotatable bonds is 6. The van der Waals surface area contributed by atoms with E-state index in [1.165, 1.54) is 5.56 Å². The normalized spacial score (nSPS) is 11.4. The fraction of sp³-hybridized carbons (Fsp3) is 0.444. The molecule has 2 aromatic rings. The average molecular weight is 314 g/mol. The summed E-state index contributed by atoms with van der Waals surface area (Å²) >= 11 is 0. The topological polar surface area (TPSA) is 52.2 Å². The van der Waals surface area contributed by atoms with Crippen molar-refractivity contribution in [2.24, 2.45) is 0 Å². The van der Waals surface area contributed by atoms with Crippen molar-refractivity contribution in [3.63, 3.8) is 0 Å². The minimum Gasteiger partial charge on any atom is -0.308 e. The van der Waals surface area contributed by atoms with Gasteiger partial charge in [-0.05, 0) is 40.6 Å². The molecule has 0 amide bonds. The van der Waals surface area contributed by atoms with Gasteiger partial charge in [-0.1, -0.05) is 24.3 Å². The quantitative estimate of drug-likeness (QED) is 0.886. The highest BCUT2D eigenvalue weighted by molar-refractivity contribution is 5.55. The van der Waals surface area contributed by atoms with Crippen molar-refractivity contribution in [2.75, 3.05) is 34.2 Å². The number of aromatic amines is 1. The van der Waals surface area contributed by atoms with Gasteiger partial charge in [-0.15, -0.1) is 0 Å². The lowest BCUT2D eigenvalue weighted by Gasteiger charge is -2.19. The molecular weight excluding hydrogens is 288 g/mol. The first-order valence-electron chi connectivity index (χ1n) is 7.87. The third-order valence-corrected chi connectivity index (χ3v) is 4.00. The van der Waals surface area contributed by atoms with Gasteiger partial charge in [0.05, 0.1) is 0 Å². The van der Waals surface area contributed by atoms with Crippen LogP contribution in [0.4, 0.5) is 0 Å².